The van der Waals surface area contributed by atoms with E-state index in [-0.39, 0.29) is 11.3 Å². The van der Waals surface area contributed by atoms with Crippen molar-refractivity contribution >= 4 is 11.9 Å². The molecule has 5 heteroatoms. The Hall–Kier alpha value is -2.04. The lowest BCUT2D eigenvalue weighted by molar-refractivity contribution is -0.152. The molecule has 0 bridgehead atoms. The third-order valence-corrected chi connectivity index (χ3v) is 1.97. The Balaban J connectivity index is 2.94. The number of hydrogen-bond donors (Lipinski definition) is 2. The van der Waals surface area contributed by atoms with Crippen molar-refractivity contribution in [3.8, 4) is 5.75 Å². The first-order chi connectivity index (χ1) is 7.33. The smallest absolute Gasteiger partial charge is 0.347 e. The van der Waals surface area contributed by atoms with Crippen LogP contribution in [-0.2, 0) is 4.79 Å². The van der Waals surface area contributed by atoms with Crippen molar-refractivity contribution in [1.29, 1.82) is 0 Å². The second kappa shape index (κ2) is 4.22. The summed E-state index contributed by atoms with van der Waals surface area (Å²) in [5, 5.41) is 17.6. The van der Waals surface area contributed by atoms with Crippen molar-refractivity contribution in [2.75, 3.05) is 0 Å². The second-order valence-corrected chi connectivity index (χ2v) is 3.75. The predicted octanol–water partition coefficient (Wildman–Crippen LogP) is 1.63. The minimum absolute atomic E-state index is 0.0543. The zero-order valence-corrected chi connectivity index (χ0v) is 8.93. The molecule has 0 spiro atoms. The van der Waals surface area contributed by atoms with Crippen LogP contribution in [0, 0.1) is 0 Å². The van der Waals surface area contributed by atoms with E-state index >= 15 is 0 Å². The van der Waals surface area contributed by atoms with Crippen molar-refractivity contribution in [3.63, 3.8) is 0 Å². The summed E-state index contributed by atoms with van der Waals surface area (Å²) in [5.74, 6) is -1.99. The first-order valence-electron chi connectivity index (χ1n) is 4.59. The molecule has 0 aliphatic rings. The molecule has 0 radical (unpaired) electrons. The van der Waals surface area contributed by atoms with Gasteiger partial charge in [-0.25, -0.2) is 9.59 Å². The number of rotatable bonds is 4. The Kier molecular flexibility index (Phi) is 3.17. The SMILES string of the molecule is CC(C)(Oc1cccc(C(=O)O)c1)C(=O)O. The fourth-order valence-electron chi connectivity index (χ4n) is 1.03. The van der Waals surface area contributed by atoms with E-state index in [1.54, 1.807) is 0 Å². The molecule has 0 aliphatic heterocycles. The summed E-state index contributed by atoms with van der Waals surface area (Å²) in [6, 6.07) is 5.70. The Labute approximate surface area is 92.3 Å². The molecule has 0 aromatic heterocycles. The number of carbonyl (C=O) groups is 2. The Morgan fingerprint density at radius 2 is 1.88 bits per heavy atom. The highest BCUT2D eigenvalue weighted by atomic mass is 16.5. The molecular weight excluding hydrogens is 212 g/mol. The van der Waals surface area contributed by atoms with Gasteiger partial charge in [-0.15, -0.1) is 0 Å². The van der Waals surface area contributed by atoms with Gasteiger partial charge in [-0.2, -0.15) is 0 Å². The molecule has 0 fully saturated rings. The Bertz CT molecular complexity index is 422. The lowest BCUT2D eigenvalue weighted by Gasteiger charge is -2.21. The highest BCUT2D eigenvalue weighted by Gasteiger charge is 2.29. The van der Waals surface area contributed by atoms with Gasteiger partial charge in [-0.05, 0) is 32.0 Å². The minimum atomic E-state index is -1.39. The van der Waals surface area contributed by atoms with Gasteiger partial charge in [0, 0.05) is 0 Å². The Morgan fingerprint density at radius 3 is 2.38 bits per heavy atom. The fraction of sp³-hybridized carbons (Fsp3) is 0.273. The largest absolute Gasteiger partial charge is 0.478 e. The molecule has 0 heterocycles. The van der Waals surface area contributed by atoms with Gasteiger partial charge < -0.3 is 14.9 Å². The standard InChI is InChI=1S/C11H12O5/c1-11(2,10(14)15)16-8-5-3-4-7(6-8)9(12)13/h3-6H,1-2H3,(H,12,13)(H,14,15). The fourth-order valence-corrected chi connectivity index (χ4v) is 1.03. The molecule has 0 aliphatic carbocycles. The van der Waals surface area contributed by atoms with Gasteiger partial charge in [0.15, 0.2) is 5.60 Å². The topological polar surface area (TPSA) is 83.8 Å². The quantitative estimate of drug-likeness (QED) is 0.811. The summed E-state index contributed by atoms with van der Waals surface area (Å²) in [5.41, 5.74) is -1.34. The van der Waals surface area contributed by atoms with Crippen LogP contribution in [0.5, 0.6) is 5.75 Å². The average Bonchev–Trinajstić information content (AvgIpc) is 2.17. The van der Waals surface area contributed by atoms with Gasteiger partial charge in [0.25, 0.3) is 0 Å². The molecule has 1 aromatic carbocycles. The van der Waals surface area contributed by atoms with Crippen molar-refractivity contribution in [3.05, 3.63) is 29.8 Å². The number of carboxylic acids is 2. The van der Waals surface area contributed by atoms with Crippen molar-refractivity contribution in [2.45, 2.75) is 19.4 Å². The van der Waals surface area contributed by atoms with Crippen LogP contribution in [0.4, 0.5) is 0 Å². The van der Waals surface area contributed by atoms with Crippen LogP contribution >= 0.6 is 0 Å². The molecule has 1 aromatic rings. The van der Waals surface area contributed by atoms with Gasteiger partial charge in [0.05, 0.1) is 5.56 Å². The van der Waals surface area contributed by atoms with E-state index in [1.807, 2.05) is 0 Å². The van der Waals surface area contributed by atoms with Crippen molar-refractivity contribution in [1.82, 2.24) is 0 Å². The number of benzene rings is 1. The number of carboxylic acid groups (broad SMARTS) is 2. The molecule has 0 amide bonds. The first kappa shape index (κ1) is 12.0. The monoisotopic (exact) mass is 224 g/mol. The van der Waals surface area contributed by atoms with Gasteiger partial charge in [-0.3, -0.25) is 0 Å². The van der Waals surface area contributed by atoms with Gasteiger partial charge >= 0.3 is 11.9 Å². The molecule has 0 unspecified atom stereocenters. The van der Waals surface area contributed by atoms with Gasteiger partial charge in [-0.1, -0.05) is 6.07 Å². The summed E-state index contributed by atoms with van der Waals surface area (Å²) < 4.78 is 5.19. The lowest BCUT2D eigenvalue weighted by Crippen LogP contribution is -2.37. The lowest BCUT2D eigenvalue weighted by atomic mass is 10.1. The number of aliphatic carboxylic acids is 1. The van der Waals surface area contributed by atoms with E-state index in [1.165, 1.54) is 38.1 Å². The summed E-state index contributed by atoms with van der Waals surface area (Å²) in [4.78, 5) is 21.5. The number of aromatic carboxylic acids is 1. The van der Waals surface area contributed by atoms with Crippen LogP contribution < -0.4 is 4.74 Å². The van der Waals surface area contributed by atoms with E-state index in [4.69, 9.17) is 14.9 Å². The Morgan fingerprint density at radius 1 is 1.25 bits per heavy atom. The molecule has 16 heavy (non-hydrogen) atoms. The molecule has 86 valence electrons. The molecule has 0 atom stereocenters. The summed E-state index contributed by atoms with van der Waals surface area (Å²) in [6.45, 7) is 2.78. The molecule has 0 saturated heterocycles. The second-order valence-electron chi connectivity index (χ2n) is 3.75. The maximum Gasteiger partial charge on any atom is 0.347 e. The van der Waals surface area contributed by atoms with E-state index in [9.17, 15) is 9.59 Å². The van der Waals surface area contributed by atoms with Crippen molar-refractivity contribution < 1.29 is 24.5 Å². The molecule has 5 nitrogen and oxygen atoms in total. The number of ether oxygens (including phenoxy) is 1. The molecule has 2 N–H and O–H groups in total. The van der Waals surface area contributed by atoms with Crippen LogP contribution in [0.25, 0.3) is 0 Å². The zero-order valence-electron chi connectivity index (χ0n) is 8.93. The van der Waals surface area contributed by atoms with Crippen LogP contribution in [0.2, 0.25) is 0 Å². The molecule has 1 rings (SSSR count). The van der Waals surface area contributed by atoms with Crippen molar-refractivity contribution in [2.24, 2.45) is 0 Å². The van der Waals surface area contributed by atoms with E-state index in [2.05, 4.69) is 0 Å². The summed E-state index contributed by atoms with van der Waals surface area (Å²) in [6.07, 6.45) is 0. The highest BCUT2D eigenvalue weighted by Crippen LogP contribution is 2.19. The summed E-state index contributed by atoms with van der Waals surface area (Å²) in [7, 11) is 0. The van der Waals surface area contributed by atoms with E-state index in [0.717, 1.165) is 0 Å². The average molecular weight is 224 g/mol. The van der Waals surface area contributed by atoms with Crippen LogP contribution in [0.1, 0.15) is 24.2 Å². The third kappa shape index (κ3) is 2.73. The zero-order chi connectivity index (χ0) is 12.3. The number of hydrogen-bond acceptors (Lipinski definition) is 3. The summed E-state index contributed by atoms with van der Waals surface area (Å²) >= 11 is 0. The molecule has 0 saturated carbocycles. The van der Waals surface area contributed by atoms with Gasteiger partial charge in [0.1, 0.15) is 5.75 Å². The maximum absolute atomic E-state index is 10.8. The predicted molar refractivity (Wildman–Crippen MR) is 55.7 cm³/mol. The van der Waals surface area contributed by atoms with Crippen LogP contribution in [0.3, 0.4) is 0 Å². The van der Waals surface area contributed by atoms with Crippen LogP contribution in [-0.4, -0.2) is 27.8 Å². The molecular formula is C11H12O5. The van der Waals surface area contributed by atoms with Gasteiger partial charge in [0.2, 0.25) is 0 Å². The highest BCUT2D eigenvalue weighted by molar-refractivity contribution is 5.88. The third-order valence-electron chi connectivity index (χ3n) is 1.97. The minimum Gasteiger partial charge on any atom is -0.478 e. The van der Waals surface area contributed by atoms with E-state index < -0.39 is 17.5 Å². The maximum atomic E-state index is 10.8. The van der Waals surface area contributed by atoms with Crippen LogP contribution in [0.15, 0.2) is 24.3 Å². The van der Waals surface area contributed by atoms with E-state index in [0.29, 0.717) is 0 Å². The first-order valence-corrected chi connectivity index (χ1v) is 4.59. The normalized spacial score (nSPS) is 10.9.